The lowest BCUT2D eigenvalue weighted by atomic mass is 10.0. The Morgan fingerprint density at radius 1 is 1.00 bits per heavy atom. The Kier molecular flexibility index (Phi) is 6.29. The number of likely N-dealkylation sites (tertiary alicyclic amines) is 1. The summed E-state index contributed by atoms with van der Waals surface area (Å²) in [6.45, 7) is 2.88. The minimum absolute atomic E-state index is 0.00519. The van der Waals surface area contributed by atoms with Gasteiger partial charge in [0, 0.05) is 37.5 Å². The summed E-state index contributed by atoms with van der Waals surface area (Å²) in [5.74, 6) is -0.100. The van der Waals surface area contributed by atoms with E-state index in [2.05, 4.69) is 34.5 Å². The van der Waals surface area contributed by atoms with Crippen LogP contribution in [0.5, 0.6) is 0 Å². The van der Waals surface area contributed by atoms with Gasteiger partial charge in [0.15, 0.2) is 9.84 Å². The fraction of sp³-hybridized carbons (Fsp3) is 0.381. The van der Waals surface area contributed by atoms with Crippen molar-refractivity contribution in [1.82, 2.24) is 10.2 Å². The lowest BCUT2D eigenvalue weighted by molar-refractivity contribution is 0.0909. The summed E-state index contributed by atoms with van der Waals surface area (Å²) in [5.41, 5.74) is 2.58. The Labute approximate surface area is 161 Å². The first-order valence-electron chi connectivity index (χ1n) is 9.23. The van der Waals surface area contributed by atoms with Crippen LogP contribution in [0.3, 0.4) is 0 Å². The number of nitrogens with zero attached hydrogens (tertiary/aromatic N) is 1. The van der Waals surface area contributed by atoms with Gasteiger partial charge in [-0.3, -0.25) is 9.69 Å². The Hall–Kier alpha value is -2.18. The van der Waals surface area contributed by atoms with Crippen molar-refractivity contribution in [1.29, 1.82) is 0 Å². The smallest absolute Gasteiger partial charge is 0.251 e. The lowest BCUT2D eigenvalue weighted by Crippen LogP contribution is -2.44. The topological polar surface area (TPSA) is 66.5 Å². The van der Waals surface area contributed by atoms with E-state index >= 15 is 0 Å². The highest BCUT2D eigenvalue weighted by Gasteiger charge is 2.21. The van der Waals surface area contributed by atoms with Crippen LogP contribution < -0.4 is 5.32 Å². The van der Waals surface area contributed by atoms with Crippen molar-refractivity contribution < 1.29 is 13.2 Å². The molecule has 1 N–H and O–H groups in total. The van der Waals surface area contributed by atoms with Gasteiger partial charge in [0.25, 0.3) is 5.91 Å². The molecule has 144 valence electrons. The van der Waals surface area contributed by atoms with Crippen LogP contribution in [0, 0.1) is 0 Å². The first-order valence-corrected chi connectivity index (χ1v) is 11.3. The van der Waals surface area contributed by atoms with E-state index in [4.69, 9.17) is 0 Å². The standard InChI is InChI=1S/C21H26N2O3S/c1-27(25,26)16-18-7-9-19(10-8-18)21(24)22-20-11-13-23(14-12-20)15-17-5-3-2-4-6-17/h2-10,20H,11-16H2,1H3,(H,22,24). The van der Waals surface area contributed by atoms with Gasteiger partial charge >= 0.3 is 0 Å². The molecule has 1 saturated heterocycles. The molecule has 27 heavy (non-hydrogen) atoms. The third-order valence-electron chi connectivity index (χ3n) is 4.82. The van der Waals surface area contributed by atoms with Crippen LogP contribution in [0.1, 0.15) is 34.3 Å². The summed E-state index contributed by atoms with van der Waals surface area (Å²) >= 11 is 0. The quantitative estimate of drug-likeness (QED) is 0.829. The van der Waals surface area contributed by atoms with Gasteiger partial charge in [0.1, 0.15) is 0 Å². The van der Waals surface area contributed by atoms with Crippen molar-refractivity contribution in [3.05, 3.63) is 71.3 Å². The number of carbonyl (C=O) groups excluding carboxylic acids is 1. The van der Waals surface area contributed by atoms with Crippen LogP contribution in [0.2, 0.25) is 0 Å². The zero-order valence-electron chi connectivity index (χ0n) is 15.6. The van der Waals surface area contributed by atoms with Gasteiger partial charge in [-0.15, -0.1) is 0 Å². The zero-order valence-corrected chi connectivity index (χ0v) is 16.4. The summed E-state index contributed by atoms with van der Waals surface area (Å²) in [5, 5.41) is 3.10. The van der Waals surface area contributed by atoms with E-state index < -0.39 is 9.84 Å². The molecule has 0 spiro atoms. The van der Waals surface area contributed by atoms with Crippen molar-refractivity contribution in [2.75, 3.05) is 19.3 Å². The van der Waals surface area contributed by atoms with E-state index in [-0.39, 0.29) is 17.7 Å². The molecule has 0 atom stereocenters. The van der Waals surface area contributed by atoms with E-state index in [0.717, 1.165) is 32.5 Å². The van der Waals surface area contributed by atoms with E-state index in [1.165, 1.54) is 11.8 Å². The second-order valence-electron chi connectivity index (χ2n) is 7.28. The number of amides is 1. The van der Waals surface area contributed by atoms with Gasteiger partial charge in [-0.25, -0.2) is 8.42 Å². The van der Waals surface area contributed by atoms with E-state index in [1.54, 1.807) is 24.3 Å². The zero-order chi connectivity index (χ0) is 19.3. The Balaban J connectivity index is 1.48. The molecule has 0 bridgehead atoms. The molecule has 1 heterocycles. The summed E-state index contributed by atoms with van der Waals surface area (Å²) in [6.07, 6.45) is 3.08. The molecule has 0 radical (unpaired) electrons. The molecule has 0 saturated carbocycles. The molecule has 2 aromatic rings. The SMILES string of the molecule is CS(=O)(=O)Cc1ccc(C(=O)NC2CCN(Cc3ccccc3)CC2)cc1. The summed E-state index contributed by atoms with van der Waals surface area (Å²) in [7, 11) is -3.07. The van der Waals surface area contributed by atoms with Crippen molar-refractivity contribution >= 4 is 15.7 Å². The van der Waals surface area contributed by atoms with Gasteiger partial charge in [0.2, 0.25) is 0 Å². The van der Waals surface area contributed by atoms with Gasteiger partial charge in [-0.1, -0.05) is 42.5 Å². The third-order valence-corrected chi connectivity index (χ3v) is 5.67. The highest BCUT2D eigenvalue weighted by atomic mass is 32.2. The van der Waals surface area contributed by atoms with Crippen LogP contribution in [-0.2, 0) is 22.1 Å². The molecule has 6 heteroatoms. The van der Waals surface area contributed by atoms with E-state index in [0.29, 0.717) is 11.1 Å². The second-order valence-corrected chi connectivity index (χ2v) is 9.42. The lowest BCUT2D eigenvalue weighted by Gasteiger charge is -2.32. The maximum Gasteiger partial charge on any atom is 0.251 e. The van der Waals surface area contributed by atoms with Crippen LogP contribution in [-0.4, -0.2) is 44.6 Å². The van der Waals surface area contributed by atoms with Gasteiger partial charge in [-0.2, -0.15) is 0 Å². The largest absolute Gasteiger partial charge is 0.349 e. The van der Waals surface area contributed by atoms with Crippen molar-refractivity contribution in [2.45, 2.75) is 31.2 Å². The summed E-state index contributed by atoms with van der Waals surface area (Å²) in [6, 6.07) is 17.4. The normalized spacial score (nSPS) is 16.2. The maximum atomic E-state index is 12.4. The number of hydrogen-bond acceptors (Lipinski definition) is 4. The average Bonchev–Trinajstić information content (AvgIpc) is 2.63. The number of rotatable bonds is 6. The minimum Gasteiger partial charge on any atom is -0.349 e. The molecule has 1 amide bonds. The molecule has 0 aromatic heterocycles. The van der Waals surface area contributed by atoms with Crippen LogP contribution in [0.4, 0.5) is 0 Å². The number of piperidine rings is 1. The highest BCUT2D eigenvalue weighted by molar-refractivity contribution is 7.89. The number of carbonyl (C=O) groups is 1. The van der Waals surface area contributed by atoms with Gasteiger partial charge in [-0.05, 0) is 36.1 Å². The predicted molar refractivity (Wildman–Crippen MR) is 107 cm³/mol. The molecule has 1 fully saturated rings. The van der Waals surface area contributed by atoms with Crippen molar-refractivity contribution in [3.8, 4) is 0 Å². The molecule has 0 unspecified atom stereocenters. The number of hydrogen-bond donors (Lipinski definition) is 1. The van der Waals surface area contributed by atoms with Gasteiger partial charge in [0.05, 0.1) is 5.75 Å². The van der Waals surface area contributed by atoms with Crippen molar-refractivity contribution in [2.24, 2.45) is 0 Å². The van der Waals surface area contributed by atoms with Crippen LogP contribution >= 0.6 is 0 Å². The number of nitrogens with one attached hydrogen (secondary N) is 1. The minimum atomic E-state index is -3.07. The van der Waals surface area contributed by atoms with Crippen molar-refractivity contribution in [3.63, 3.8) is 0 Å². The fourth-order valence-corrected chi connectivity index (χ4v) is 4.20. The fourth-order valence-electron chi connectivity index (χ4n) is 3.40. The van der Waals surface area contributed by atoms with Crippen LogP contribution in [0.25, 0.3) is 0 Å². The molecular weight excluding hydrogens is 360 g/mol. The monoisotopic (exact) mass is 386 g/mol. The Morgan fingerprint density at radius 2 is 1.63 bits per heavy atom. The number of benzene rings is 2. The molecule has 5 nitrogen and oxygen atoms in total. The third kappa shape index (κ3) is 6.19. The summed E-state index contributed by atoms with van der Waals surface area (Å²) in [4.78, 5) is 14.9. The van der Waals surface area contributed by atoms with Gasteiger partial charge < -0.3 is 5.32 Å². The van der Waals surface area contributed by atoms with Crippen LogP contribution in [0.15, 0.2) is 54.6 Å². The molecule has 3 rings (SSSR count). The molecule has 1 aliphatic heterocycles. The van der Waals surface area contributed by atoms with E-state index in [9.17, 15) is 13.2 Å². The molecule has 1 aliphatic rings. The predicted octanol–water partition coefficient (Wildman–Crippen LogP) is 2.63. The Morgan fingerprint density at radius 3 is 2.22 bits per heavy atom. The first-order chi connectivity index (χ1) is 12.9. The molecule has 2 aromatic carbocycles. The average molecular weight is 387 g/mol. The maximum absolute atomic E-state index is 12.4. The number of sulfone groups is 1. The molecule has 0 aliphatic carbocycles. The second kappa shape index (κ2) is 8.67. The Bertz CT molecular complexity index is 856. The molecular formula is C21H26N2O3S. The summed E-state index contributed by atoms with van der Waals surface area (Å²) < 4.78 is 22.7. The van der Waals surface area contributed by atoms with E-state index in [1.807, 2.05) is 6.07 Å². The first kappa shape index (κ1) is 19.6. The highest BCUT2D eigenvalue weighted by Crippen LogP contribution is 2.15.